The standard InChI is InChI=1S/C10H14N2.C4H6O5/c1-12-7-3-5-10(12)9-4-2-6-11-8-9;5-2(4(8)9)1-3(6)7/h2,4,6,8,10H,3,5,7H2,1H3;2,5H,1H2,(H,6,7)(H,8,9)/t10-;2-/m00/s1. The van der Waals surface area contributed by atoms with Crippen LogP contribution >= 0.6 is 0 Å². The lowest BCUT2D eigenvalue weighted by Crippen LogP contribution is -2.22. The zero-order chi connectivity index (χ0) is 15.8. The van der Waals surface area contributed by atoms with Crippen LogP contribution in [0.15, 0.2) is 24.5 Å². The second-order valence-electron chi connectivity index (χ2n) is 4.88. The molecule has 0 aromatic carbocycles. The van der Waals surface area contributed by atoms with Crippen molar-refractivity contribution in [3.63, 3.8) is 0 Å². The Hall–Kier alpha value is -1.99. The van der Waals surface area contributed by atoms with Crippen LogP contribution in [0.25, 0.3) is 0 Å². The third-order valence-corrected chi connectivity index (χ3v) is 3.24. The molecule has 0 aliphatic carbocycles. The summed E-state index contributed by atoms with van der Waals surface area (Å²) in [6.07, 6.45) is 3.86. The van der Waals surface area contributed by atoms with Crippen LogP contribution < -0.4 is 0 Å². The summed E-state index contributed by atoms with van der Waals surface area (Å²) in [5.74, 6) is -2.85. The van der Waals surface area contributed by atoms with Gasteiger partial charge in [-0.15, -0.1) is 0 Å². The number of nitrogens with zero attached hydrogens (tertiary/aromatic N) is 2. The summed E-state index contributed by atoms with van der Waals surface area (Å²) in [6.45, 7) is 1.22. The molecule has 1 aliphatic rings. The van der Waals surface area contributed by atoms with Gasteiger partial charge < -0.3 is 15.3 Å². The SMILES string of the molecule is CN1CCC[C@H]1c1cccnc1.O=C(O)C[C@H](O)C(=O)O. The number of hydrogen-bond donors (Lipinski definition) is 3. The minimum Gasteiger partial charge on any atom is -0.481 e. The zero-order valence-corrected chi connectivity index (χ0v) is 11.8. The van der Waals surface area contributed by atoms with Crippen molar-refractivity contribution in [2.45, 2.75) is 31.4 Å². The maximum atomic E-state index is 9.72. The Kier molecular flexibility index (Phi) is 6.77. The molecule has 1 saturated heterocycles. The van der Waals surface area contributed by atoms with Crippen molar-refractivity contribution in [1.82, 2.24) is 9.88 Å². The summed E-state index contributed by atoms with van der Waals surface area (Å²) in [5.41, 5.74) is 1.36. The highest BCUT2D eigenvalue weighted by molar-refractivity contribution is 5.79. The number of rotatable bonds is 4. The monoisotopic (exact) mass is 296 g/mol. The van der Waals surface area contributed by atoms with Crippen molar-refractivity contribution in [3.8, 4) is 0 Å². The van der Waals surface area contributed by atoms with E-state index in [4.69, 9.17) is 15.3 Å². The topological polar surface area (TPSA) is 111 Å². The zero-order valence-electron chi connectivity index (χ0n) is 11.8. The Bertz CT molecular complexity index is 466. The number of aliphatic carboxylic acids is 2. The Labute approximate surface area is 122 Å². The molecule has 116 valence electrons. The van der Waals surface area contributed by atoms with Crippen molar-refractivity contribution < 1.29 is 24.9 Å². The van der Waals surface area contributed by atoms with Crippen LogP contribution in [0.3, 0.4) is 0 Å². The van der Waals surface area contributed by atoms with E-state index in [1.165, 1.54) is 24.9 Å². The summed E-state index contributed by atoms with van der Waals surface area (Å²) < 4.78 is 0. The van der Waals surface area contributed by atoms with E-state index >= 15 is 0 Å². The smallest absolute Gasteiger partial charge is 0.333 e. The number of carboxylic acid groups (broad SMARTS) is 2. The molecule has 0 amide bonds. The summed E-state index contributed by atoms with van der Waals surface area (Å²) in [5, 5.41) is 24.1. The quantitative estimate of drug-likeness (QED) is 0.752. The van der Waals surface area contributed by atoms with Crippen LogP contribution in [-0.4, -0.2) is 56.8 Å². The molecule has 0 radical (unpaired) electrons. The van der Waals surface area contributed by atoms with E-state index in [2.05, 4.69) is 23.0 Å². The van der Waals surface area contributed by atoms with Crippen molar-refractivity contribution in [2.75, 3.05) is 13.6 Å². The number of carbonyl (C=O) groups is 2. The van der Waals surface area contributed by atoms with E-state index in [0.29, 0.717) is 6.04 Å². The minimum atomic E-state index is -1.79. The molecule has 0 bridgehead atoms. The lowest BCUT2D eigenvalue weighted by Gasteiger charge is -2.18. The normalized spacial score (nSPS) is 19.4. The lowest BCUT2D eigenvalue weighted by molar-refractivity contribution is -0.152. The maximum Gasteiger partial charge on any atom is 0.333 e. The van der Waals surface area contributed by atoms with Gasteiger partial charge in [0.2, 0.25) is 0 Å². The molecule has 2 rings (SSSR count). The first-order valence-corrected chi connectivity index (χ1v) is 6.64. The van der Waals surface area contributed by atoms with E-state index < -0.39 is 24.5 Å². The van der Waals surface area contributed by atoms with Gasteiger partial charge in [-0.05, 0) is 38.1 Å². The molecule has 1 fully saturated rings. The van der Waals surface area contributed by atoms with Crippen molar-refractivity contribution >= 4 is 11.9 Å². The summed E-state index contributed by atoms with van der Waals surface area (Å²) in [6, 6.07) is 4.79. The number of carboxylic acids is 2. The van der Waals surface area contributed by atoms with Crippen LogP contribution in [0.1, 0.15) is 30.9 Å². The Morgan fingerprint density at radius 3 is 2.57 bits per heavy atom. The van der Waals surface area contributed by atoms with Crippen molar-refractivity contribution in [1.29, 1.82) is 0 Å². The predicted molar refractivity (Wildman–Crippen MR) is 74.7 cm³/mol. The fourth-order valence-corrected chi connectivity index (χ4v) is 2.16. The molecule has 1 aromatic heterocycles. The molecule has 1 aromatic rings. The highest BCUT2D eigenvalue weighted by atomic mass is 16.4. The number of aromatic nitrogens is 1. The minimum absolute atomic E-state index is 0.610. The Morgan fingerprint density at radius 1 is 1.48 bits per heavy atom. The van der Waals surface area contributed by atoms with E-state index in [9.17, 15) is 9.59 Å². The summed E-state index contributed by atoms with van der Waals surface area (Å²) >= 11 is 0. The molecule has 7 nitrogen and oxygen atoms in total. The van der Waals surface area contributed by atoms with Gasteiger partial charge in [0, 0.05) is 18.4 Å². The van der Waals surface area contributed by atoms with Crippen LogP contribution in [0.4, 0.5) is 0 Å². The Morgan fingerprint density at radius 2 is 2.19 bits per heavy atom. The van der Waals surface area contributed by atoms with E-state index in [-0.39, 0.29) is 0 Å². The van der Waals surface area contributed by atoms with E-state index in [1.807, 2.05) is 18.5 Å². The van der Waals surface area contributed by atoms with Crippen LogP contribution in [-0.2, 0) is 9.59 Å². The van der Waals surface area contributed by atoms with Gasteiger partial charge in [-0.2, -0.15) is 0 Å². The van der Waals surface area contributed by atoms with Crippen LogP contribution in [0.2, 0.25) is 0 Å². The highest BCUT2D eigenvalue weighted by Gasteiger charge is 2.22. The maximum absolute atomic E-state index is 9.72. The molecular formula is C14H20N2O5. The summed E-state index contributed by atoms with van der Waals surface area (Å²) in [7, 11) is 2.19. The Balaban J connectivity index is 0.000000222. The molecule has 2 atom stereocenters. The number of hydrogen-bond acceptors (Lipinski definition) is 5. The average Bonchev–Trinajstić information content (AvgIpc) is 2.86. The average molecular weight is 296 g/mol. The van der Waals surface area contributed by atoms with Gasteiger partial charge in [-0.25, -0.2) is 4.79 Å². The van der Waals surface area contributed by atoms with Gasteiger partial charge >= 0.3 is 11.9 Å². The van der Waals surface area contributed by atoms with Gasteiger partial charge in [0.15, 0.2) is 6.10 Å². The molecule has 0 spiro atoms. The van der Waals surface area contributed by atoms with Crippen molar-refractivity contribution in [3.05, 3.63) is 30.1 Å². The number of pyridine rings is 1. The van der Waals surface area contributed by atoms with Crippen LogP contribution in [0, 0.1) is 0 Å². The molecule has 0 unspecified atom stereocenters. The third-order valence-electron chi connectivity index (χ3n) is 3.24. The van der Waals surface area contributed by atoms with E-state index in [0.717, 1.165) is 0 Å². The number of aliphatic hydroxyl groups excluding tert-OH is 1. The fourth-order valence-electron chi connectivity index (χ4n) is 2.16. The van der Waals surface area contributed by atoms with Gasteiger partial charge in [-0.1, -0.05) is 6.07 Å². The van der Waals surface area contributed by atoms with Gasteiger partial charge in [0.25, 0.3) is 0 Å². The van der Waals surface area contributed by atoms with E-state index in [1.54, 1.807) is 0 Å². The molecule has 0 saturated carbocycles. The first kappa shape index (κ1) is 17.1. The third kappa shape index (κ3) is 5.88. The number of aliphatic hydroxyl groups is 1. The first-order valence-electron chi connectivity index (χ1n) is 6.64. The predicted octanol–water partition coefficient (Wildman–Crippen LogP) is 0.755. The molecule has 3 N–H and O–H groups in total. The van der Waals surface area contributed by atoms with Gasteiger partial charge in [0.05, 0.1) is 6.42 Å². The second-order valence-corrected chi connectivity index (χ2v) is 4.88. The molecule has 21 heavy (non-hydrogen) atoms. The molecule has 7 heteroatoms. The van der Waals surface area contributed by atoms with Crippen molar-refractivity contribution in [2.24, 2.45) is 0 Å². The molecule has 1 aliphatic heterocycles. The fraction of sp³-hybridized carbons (Fsp3) is 0.500. The second kappa shape index (κ2) is 8.33. The number of likely N-dealkylation sites (tertiary alicyclic amines) is 1. The van der Waals surface area contributed by atoms with Gasteiger partial charge in [0.1, 0.15) is 0 Å². The van der Waals surface area contributed by atoms with Crippen LogP contribution in [0.5, 0.6) is 0 Å². The largest absolute Gasteiger partial charge is 0.481 e. The first-order chi connectivity index (χ1) is 9.91. The van der Waals surface area contributed by atoms with Gasteiger partial charge in [-0.3, -0.25) is 14.7 Å². The highest BCUT2D eigenvalue weighted by Crippen LogP contribution is 2.29. The summed E-state index contributed by atoms with van der Waals surface area (Å²) in [4.78, 5) is 25.9. The molecule has 2 heterocycles. The lowest BCUT2D eigenvalue weighted by atomic mass is 10.1. The molecular weight excluding hydrogens is 276 g/mol.